The summed E-state index contributed by atoms with van der Waals surface area (Å²) >= 11 is 0. The second-order valence-corrected chi connectivity index (χ2v) is 7.99. The second kappa shape index (κ2) is 9.46. The van der Waals surface area contributed by atoms with Gasteiger partial charge in [0.25, 0.3) is 5.56 Å². The number of nitriles is 1. The molecular formula is C22H26N8O3. The minimum absolute atomic E-state index is 0.0145. The van der Waals surface area contributed by atoms with Crippen molar-refractivity contribution in [3.8, 4) is 17.9 Å². The van der Waals surface area contributed by atoms with Gasteiger partial charge >= 0.3 is 5.69 Å². The molecule has 0 saturated carbocycles. The van der Waals surface area contributed by atoms with Crippen LogP contribution in [0.25, 0.3) is 0 Å². The summed E-state index contributed by atoms with van der Waals surface area (Å²) in [6.45, 7) is 3.11. The third-order valence-electron chi connectivity index (χ3n) is 5.77. The van der Waals surface area contributed by atoms with Gasteiger partial charge in [-0.3, -0.25) is 23.8 Å². The summed E-state index contributed by atoms with van der Waals surface area (Å²) < 4.78 is 2.44. The summed E-state index contributed by atoms with van der Waals surface area (Å²) in [5.74, 6) is 6.17. The molecule has 11 nitrogen and oxygen atoms in total. The Balaban J connectivity index is 1.74. The van der Waals surface area contributed by atoms with Crippen molar-refractivity contribution in [1.82, 2.24) is 19.2 Å². The van der Waals surface area contributed by atoms with E-state index in [2.05, 4.69) is 28.2 Å². The smallest absolute Gasteiger partial charge is 0.326 e. The first-order chi connectivity index (χ1) is 15.9. The molecule has 4 rings (SSSR count). The lowest BCUT2D eigenvalue weighted by molar-refractivity contribution is -0.198. The maximum absolute atomic E-state index is 13.5. The minimum atomic E-state index is -0.718. The molecule has 2 aromatic heterocycles. The average molecular weight is 451 g/mol. The van der Waals surface area contributed by atoms with Crippen molar-refractivity contribution >= 4 is 11.5 Å². The van der Waals surface area contributed by atoms with Crippen molar-refractivity contribution < 1.29 is 4.84 Å². The lowest BCUT2D eigenvalue weighted by Gasteiger charge is -2.34. The number of nitrogens with zero attached hydrogens (tertiary/aromatic N) is 6. The first kappa shape index (κ1) is 22.6. The fraction of sp³-hybridized carbons (Fsp3) is 0.455. The summed E-state index contributed by atoms with van der Waals surface area (Å²) in [6, 6.07) is 5.30. The summed E-state index contributed by atoms with van der Waals surface area (Å²) in [6.07, 6.45) is 2.65. The Morgan fingerprint density at radius 2 is 2.21 bits per heavy atom. The molecule has 0 amide bonds. The average Bonchev–Trinajstić information content (AvgIpc) is 3.17. The topological polar surface area (TPSA) is 134 Å². The van der Waals surface area contributed by atoms with Gasteiger partial charge in [-0.15, -0.1) is 5.92 Å². The number of rotatable bonds is 5. The largest absolute Gasteiger partial charge is 0.332 e. The summed E-state index contributed by atoms with van der Waals surface area (Å²) in [5.41, 5.74) is 5.98. The zero-order valence-electron chi connectivity index (χ0n) is 18.6. The molecule has 2 aliphatic heterocycles. The quantitative estimate of drug-likeness (QED) is 0.592. The van der Waals surface area contributed by atoms with Crippen molar-refractivity contribution in [3.05, 3.63) is 50.4 Å². The molecule has 2 aromatic rings. The van der Waals surface area contributed by atoms with E-state index in [1.54, 1.807) is 36.1 Å². The zero-order chi connectivity index (χ0) is 23.5. The molecule has 33 heavy (non-hydrogen) atoms. The number of piperidine rings is 1. The molecule has 0 spiro atoms. The SMILES string of the molecule is CC#CCN1c2c(n(C)c(=O)n(Cc3ncccc3C#N)c2=O)NC1ON1CCCC(N)C1. The number of fused-ring (bicyclic) bond motifs is 1. The molecule has 0 aromatic carbocycles. The van der Waals surface area contributed by atoms with Gasteiger partial charge in [0.2, 0.25) is 6.35 Å². The van der Waals surface area contributed by atoms with Crippen LogP contribution in [0.1, 0.15) is 31.0 Å². The van der Waals surface area contributed by atoms with E-state index in [9.17, 15) is 14.9 Å². The third kappa shape index (κ3) is 4.34. The normalized spacial score (nSPS) is 19.9. The maximum atomic E-state index is 13.5. The van der Waals surface area contributed by atoms with E-state index in [0.29, 0.717) is 23.6 Å². The predicted molar refractivity (Wildman–Crippen MR) is 122 cm³/mol. The Hall–Kier alpha value is -3.64. The number of hydrogen-bond donors (Lipinski definition) is 2. The zero-order valence-corrected chi connectivity index (χ0v) is 18.6. The monoisotopic (exact) mass is 450 g/mol. The number of anilines is 2. The minimum Gasteiger partial charge on any atom is -0.326 e. The second-order valence-electron chi connectivity index (χ2n) is 7.99. The molecular weight excluding hydrogens is 424 g/mol. The van der Waals surface area contributed by atoms with Gasteiger partial charge in [0.1, 0.15) is 17.6 Å². The van der Waals surface area contributed by atoms with E-state index in [1.807, 2.05) is 0 Å². The van der Waals surface area contributed by atoms with Gasteiger partial charge in [0.05, 0.1) is 24.3 Å². The lowest BCUT2D eigenvalue weighted by atomic mass is 10.1. The van der Waals surface area contributed by atoms with Gasteiger partial charge in [-0.25, -0.2) is 4.79 Å². The van der Waals surface area contributed by atoms with Crippen LogP contribution in [0.4, 0.5) is 11.5 Å². The number of hydroxylamine groups is 2. The standard InChI is InChI=1S/C22H26N8O3/c1-3-4-11-29-18-19(26-21(29)33-28-10-6-8-16(24)13-28)27(2)22(32)30(20(18)31)14-17-15(12-23)7-5-9-25-17/h5,7,9,16,21,26H,6,8,10-11,13-14,24H2,1-2H3. The molecule has 172 valence electrons. The van der Waals surface area contributed by atoms with Crippen LogP contribution in [-0.4, -0.2) is 51.2 Å². The number of nitrogens with two attached hydrogens (primary N) is 1. The fourth-order valence-electron chi connectivity index (χ4n) is 4.06. The Labute approximate surface area is 190 Å². The Morgan fingerprint density at radius 1 is 1.39 bits per heavy atom. The molecule has 0 bridgehead atoms. The highest BCUT2D eigenvalue weighted by Gasteiger charge is 2.37. The molecule has 2 unspecified atom stereocenters. The van der Waals surface area contributed by atoms with Crippen molar-refractivity contribution in [2.45, 2.75) is 38.7 Å². The highest BCUT2D eigenvalue weighted by molar-refractivity contribution is 5.71. The van der Waals surface area contributed by atoms with Crippen LogP contribution < -0.4 is 27.2 Å². The van der Waals surface area contributed by atoms with Crippen LogP contribution in [0.5, 0.6) is 0 Å². The van der Waals surface area contributed by atoms with Crippen LogP contribution in [0.2, 0.25) is 0 Å². The number of aromatic nitrogens is 3. The van der Waals surface area contributed by atoms with Gasteiger partial charge in [0, 0.05) is 32.4 Å². The van der Waals surface area contributed by atoms with E-state index < -0.39 is 17.6 Å². The summed E-state index contributed by atoms with van der Waals surface area (Å²) in [5, 5.41) is 14.3. The molecule has 1 saturated heterocycles. The van der Waals surface area contributed by atoms with Gasteiger partial charge in [0.15, 0.2) is 0 Å². The molecule has 4 heterocycles. The molecule has 1 fully saturated rings. The van der Waals surface area contributed by atoms with Gasteiger partial charge in [-0.2, -0.15) is 10.3 Å². The van der Waals surface area contributed by atoms with Gasteiger partial charge < -0.3 is 16.0 Å². The van der Waals surface area contributed by atoms with Crippen LogP contribution in [-0.2, 0) is 18.4 Å². The Morgan fingerprint density at radius 3 is 2.94 bits per heavy atom. The maximum Gasteiger partial charge on any atom is 0.332 e. The van der Waals surface area contributed by atoms with Crippen molar-refractivity contribution in [2.24, 2.45) is 12.8 Å². The van der Waals surface area contributed by atoms with Crippen LogP contribution in [0.15, 0.2) is 27.9 Å². The number of nitrogens with one attached hydrogen (secondary N) is 1. The Kier molecular flexibility index (Phi) is 6.47. The number of hydrogen-bond acceptors (Lipinski definition) is 9. The first-order valence-electron chi connectivity index (χ1n) is 10.7. The molecule has 2 aliphatic rings. The Bertz CT molecular complexity index is 1270. The van der Waals surface area contributed by atoms with Gasteiger partial charge in [-0.1, -0.05) is 5.92 Å². The van der Waals surface area contributed by atoms with Gasteiger partial charge in [-0.05, 0) is 31.9 Å². The van der Waals surface area contributed by atoms with E-state index >= 15 is 0 Å². The molecule has 11 heteroatoms. The number of pyridine rings is 1. The van der Waals surface area contributed by atoms with Crippen LogP contribution >= 0.6 is 0 Å². The molecule has 0 aliphatic carbocycles. The van der Waals surface area contributed by atoms with Crippen molar-refractivity contribution in [1.29, 1.82) is 5.26 Å². The summed E-state index contributed by atoms with van der Waals surface area (Å²) in [7, 11) is 1.58. The lowest BCUT2D eigenvalue weighted by Crippen LogP contribution is -2.49. The van der Waals surface area contributed by atoms with Crippen LogP contribution in [0.3, 0.4) is 0 Å². The fourth-order valence-corrected chi connectivity index (χ4v) is 4.06. The van der Waals surface area contributed by atoms with E-state index in [4.69, 9.17) is 10.6 Å². The van der Waals surface area contributed by atoms with E-state index in [1.165, 1.54) is 10.8 Å². The van der Waals surface area contributed by atoms with Crippen LogP contribution in [0, 0.1) is 23.2 Å². The molecule has 3 N–H and O–H groups in total. The highest BCUT2D eigenvalue weighted by atomic mass is 16.7. The van der Waals surface area contributed by atoms with Crippen molar-refractivity contribution in [2.75, 3.05) is 29.9 Å². The highest BCUT2D eigenvalue weighted by Crippen LogP contribution is 2.31. The summed E-state index contributed by atoms with van der Waals surface area (Å²) in [4.78, 5) is 38.6. The third-order valence-corrected chi connectivity index (χ3v) is 5.77. The predicted octanol–water partition coefficient (Wildman–Crippen LogP) is -0.245. The van der Waals surface area contributed by atoms with Crippen molar-refractivity contribution in [3.63, 3.8) is 0 Å². The molecule has 2 atom stereocenters. The van der Waals surface area contributed by atoms with E-state index in [-0.39, 0.29) is 24.8 Å². The first-order valence-corrected chi connectivity index (χ1v) is 10.7. The van der Waals surface area contributed by atoms with E-state index in [0.717, 1.165) is 24.0 Å². The molecule has 0 radical (unpaired) electrons.